The maximum Gasteiger partial charge on any atom is 0.123 e. The van der Waals surface area contributed by atoms with Crippen LogP contribution < -0.4 is 5.73 Å². The van der Waals surface area contributed by atoms with E-state index in [0.717, 1.165) is 11.1 Å². The summed E-state index contributed by atoms with van der Waals surface area (Å²) in [5.41, 5.74) is 8.00. The molecule has 0 fully saturated rings. The average Bonchev–Trinajstić information content (AvgIpc) is 2.34. The van der Waals surface area contributed by atoms with Crippen LogP contribution in [0.4, 0.5) is 4.39 Å². The smallest absolute Gasteiger partial charge is 0.123 e. The molecular weight excluding hydrogens is 201 g/mol. The molecule has 0 aliphatic carbocycles. The fourth-order valence-corrected chi connectivity index (χ4v) is 1.85. The van der Waals surface area contributed by atoms with E-state index in [1.807, 2.05) is 30.3 Å². The van der Waals surface area contributed by atoms with E-state index in [1.165, 1.54) is 12.1 Å². The zero-order valence-corrected chi connectivity index (χ0v) is 8.94. The lowest BCUT2D eigenvalue weighted by Crippen LogP contribution is -2.13. The Balaban J connectivity index is 2.33. The highest BCUT2D eigenvalue weighted by molar-refractivity contribution is 5.32. The maximum absolute atomic E-state index is 12.8. The van der Waals surface area contributed by atoms with E-state index in [-0.39, 0.29) is 11.7 Å². The summed E-state index contributed by atoms with van der Waals surface area (Å²) in [7, 11) is 0. The first-order valence-electron chi connectivity index (χ1n) is 5.31. The van der Waals surface area contributed by atoms with Gasteiger partial charge in [-0.2, -0.15) is 0 Å². The molecule has 2 aromatic carbocycles. The van der Waals surface area contributed by atoms with Gasteiger partial charge in [0.05, 0.1) is 0 Å². The number of hydrogen-bond acceptors (Lipinski definition) is 1. The summed E-state index contributed by atoms with van der Waals surface area (Å²) >= 11 is 0. The number of hydrogen-bond donors (Lipinski definition) is 1. The van der Waals surface area contributed by atoms with E-state index < -0.39 is 0 Å². The lowest BCUT2D eigenvalue weighted by Gasteiger charge is -2.15. The van der Waals surface area contributed by atoms with Crippen molar-refractivity contribution in [3.05, 3.63) is 71.5 Å². The molecule has 0 heterocycles. The highest BCUT2D eigenvalue weighted by Crippen LogP contribution is 2.23. The Labute approximate surface area is 94.7 Å². The van der Waals surface area contributed by atoms with Crippen molar-refractivity contribution < 1.29 is 4.39 Å². The molecule has 0 aromatic heterocycles. The molecule has 2 heteroatoms. The van der Waals surface area contributed by atoms with Gasteiger partial charge in [-0.15, -0.1) is 0 Å². The minimum Gasteiger partial charge on any atom is -0.330 e. The third kappa shape index (κ3) is 2.28. The minimum atomic E-state index is -0.215. The van der Waals surface area contributed by atoms with Crippen LogP contribution in [0.25, 0.3) is 0 Å². The van der Waals surface area contributed by atoms with E-state index in [4.69, 9.17) is 5.73 Å². The van der Waals surface area contributed by atoms with Gasteiger partial charge in [-0.3, -0.25) is 0 Å². The number of halogens is 1. The third-order valence-electron chi connectivity index (χ3n) is 2.71. The second-order valence-electron chi connectivity index (χ2n) is 3.75. The van der Waals surface area contributed by atoms with Crippen molar-refractivity contribution >= 4 is 0 Å². The van der Waals surface area contributed by atoms with Gasteiger partial charge in [0.1, 0.15) is 5.82 Å². The Morgan fingerprint density at radius 2 is 1.44 bits per heavy atom. The van der Waals surface area contributed by atoms with Gasteiger partial charge in [0.15, 0.2) is 0 Å². The van der Waals surface area contributed by atoms with Gasteiger partial charge in [0.2, 0.25) is 0 Å². The van der Waals surface area contributed by atoms with Crippen molar-refractivity contribution in [2.45, 2.75) is 5.92 Å². The molecule has 0 saturated heterocycles. The van der Waals surface area contributed by atoms with Gasteiger partial charge in [-0.25, -0.2) is 4.39 Å². The van der Waals surface area contributed by atoms with Crippen LogP contribution in [-0.2, 0) is 0 Å². The number of nitrogens with two attached hydrogens (primary N) is 1. The average molecular weight is 215 g/mol. The molecule has 2 rings (SSSR count). The number of benzene rings is 2. The Kier molecular flexibility index (Phi) is 3.32. The van der Waals surface area contributed by atoms with Crippen LogP contribution in [0, 0.1) is 5.82 Å². The first-order chi connectivity index (χ1) is 7.81. The zero-order valence-electron chi connectivity index (χ0n) is 8.94. The molecular formula is C14H14FN. The summed E-state index contributed by atoms with van der Waals surface area (Å²) < 4.78 is 12.8. The maximum atomic E-state index is 12.8. The van der Waals surface area contributed by atoms with E-state index in [9.17, 15) is 4.39 Å². The monoisotopic (exact) mass is 215 g/mol. The second kappa shape index (κ2) is 4.90. The summed E-state index contributed by atoms with van der Waals surface area (Å²) in [6.07, 6.45) is 0. The molecule has 1 atom stereocenters. The predicted octanol–water partition coefficient (Wildman–Crippen LogP) is 2.92. The van der Waals surface area contributed by atoms with E-state index in [1.54, 1.807) is 12.1 Å². The molecule has 0 saturated carbocycles. The van der Waals surface area contributed by atoms with Gasteiger partial charge in [-0.05, 0) is 23.3 Å². The summed E-state index contributed by atoms with van der Waals surface area (Å²) in [5.74, 6) is -0.0746. The second-order valence-corrected chi connectivity index (χ2v) is 3.75. The van der Waals surface area contributed by atoms with Crippen molar-refractivity contribution in [2.75, 3.05) is 6.54 Å². The van der Waals surface area contributed by atoms with Gasteiger partial charge < -0.3 is 5.73 Å². The molecule has 0 unspecified atom stereocenters. The predicted molar refractivity (Wildman–Crippen MR) is 63.7 cm³/mol. The molecule has 0 spiro atoms. The van der Waals surface area contributed by atoms with Crippen LogP contribution in [0.1, 0.15) is 17.0 Å². The molecule has 0 bridgehead atoms. The SMILES string of the molecule is NC[C@H](c1ccccc1)c1ccc(F)cc1. The van der Waals surface area contributed by atoms with Crippen LogP contribution >= 0.6 is 0 Å². The molecule has 2 aromatic rings. The molecule has 2 N–H and O–H groups in total. The lowest BCUT2D eigenvalue weighted by molar-refractivity contribution is 0.626. The fraction of sp³-hybridized carbons (Fsp3) is 0.143. The molecule has 16 heavy (non-hydrogen) atoms. The van der Waals surface area contributed by atoms with Gasteiger partial charge in [0.25, 0.3) is 0 Å². The van der Waals surface area contributed by atoms with Gasteiger partial charge in [0, 0.05) is 12.5 Å². The van der Waals surface area contributed by atoms with Gasteiger partial charge >= 0.3 is 0 Å². The lowest BCUT2D eigenvalue weighted by atomic mass is 9.91. The van der Waals surface area contributed by atoms with E-state index in [0.29, 0.717) is 6.54 Å². The van der Waals surface area contributed by atoms with Crippen LogP contribution in [0.15, 0.2) is 54.6 Å². The van der Waals surface area contributed by atoms with Crippen molar-refractivity contribution in [3.8, 4) is 0 Å². The molecule has 0 amide bonds. The Bertz CT molecular complexity index is 436. The summed E-state index contributed by atoms with van der Waals surface area (Å²) in [6, 6.07) is 16.6. The molecule has 82 valence electrons. The van der Waals surface area contributed by atoms with Crippen LogP contribution in [0.5, 0.6) is 0 Å². The van der Waals surface area contributed by atoms with Crippen molar-refractivity contribution in [1.82, 2.24) is 0 Å². The quantitative estimate of drug-likeness (QED) is 0.837. The molecule has 0 radical (unpaired) electrons. The topological polar surface area (TPSA) is 26.0 Å². The fourth-order valence-electron chi connectivity index (χ4n) is 1.85. The zero-order chi connectivity index (χ0) is 11.4. The highest BCUT2D eigenvalue weighted by Gasteiger charge is 2.11. The van der Waals surface area contributed by atoms with Crippen molar-refractivity contribution in [3.63, 3.8) is 0 Å². The minimum absolute atomic E-state index is 0.141. The normalized spacial score (nSPS) is 12.4. The standard InChI is InChI=1S/C14H14FN/c15-13-8-6-12(7-9-13)14(10-16)11-4-2-1-3-5-11/h1-9,14H,10,16H2/t14-/m1/s1. The first-order valence-corrected chi connectivity index (χ1v) is 5.31. The number of rotatable bonds is 3. The van der Waals surface area contributed by atoms with Crippen molar-refractivity contribution in [1.29, 1.82) is 0 Å². The van der Waals surface area contributed by atoms with Gasteiger partial charge in [-0.1, -0.05) is 42.5 Å². The Hall–Kier alpha value is -1.67. The Morgan fingerprint density at radius 3 is 2.00 bits per heavy atom. The molecule has 0 aliphatic heterocycles. The summed E-state index contributed by atoms with van der Waals surface area (Å²) in [4.78, 5) is 0. The summed E-state index contributed by atoms with van der Waals surface area (Å²) in [6.45, 7) is 0.523. The van der Waals surface area contributed by atoms with Crippen LogP contribution in [0.3, 0.4) is 0 Å². The third-order valence-corrected chi connectivity index (χ3v) is 2.71. The van der Waals surface area contributed by atoms with Crippen molar-refractivity contribution in [2.24, 2.45) is 5.73 Å². The molecule has 0 aliphatic rings. The first kappa shape index (κ1) is 10.8. The largest absolute Gasteiger partial charge is 0.330 e. The molecule has 1 nitrogen and oxygen atoms in total. The highest BCUT2D eigenvalue weighted by atomic mass is 19.1. The summed E-state index contributed by atoms with van der Waals surface area (Å²) in [5, 5.41) is 0. The van der Waals surface area contributed by atoms with Crippen LogP contribution in [0.2, 0.25) is 0 Å². The van der Waals surface area contributed by atoms with E-state index >= 15 is 0 Å². The van der Waals surface area contributed by atoms with E-state index in [2.05, 4.69) is 0 Å². The van der Waals surface area contributed by atoms with Crippen LogP contribution in [-0.4, -0.2) is 6.54 Å². The Morgan fingerprint density at radius 1 is 0.875 bits per heavy atom.